The largest absolute Gasteiger partial charge is 0.351 e. The molecule has 160 valence electrons. The van der Waals surface area contributed by atoms with E-state index in [0.717, 1.165) is 33.4 Å². The first-order valence-electron chi connectivity index (χ1n) is 10.6. The monoisotopic (exact) mass is 422 g/mol. The highest BCUT2D eigenvalue weighted by molar-refractivity contribution is 5.86. The van der Waals surface area contributed by atoms with Crippen LogP contribution in [0.5, 0.6) is 0 Å². The number of aromatic nitrogens is 4. The molecule has 31 heavy (non-hydrogen) atoms. The molecule has 8 heteroatoms. The van der Waals surface area contributed by atoms with Crippen molar-refractivity contribution < 1.29 is 8.78 Å². The van der Waals surface area contributed by atoms with E-state index in [-0.39, 0.29) is 24.9 Å². The second kappa shape index (κ2) is 7.92. The van der Waals surface area contributed by atoms with Crippen LogP contribution in [0.1, 0.15) is 49.4 Å². The zero-order chi connectivity index (χ0) is 21.4. The Hall–Kier alpha value is -3.00. The van der Waals surface area contributed by atoms with Crippen LogP contribution in [0, 0.1) is 0 Å². The molecule has 6 nitrogen and oxygen atoms in total. The van der Waals surface area contributed by atoms with Gasteiger partial charge in [-0.1, -0.05) is 12.1 Å². The summed E-state index contributed by atoms with van der Waals surface area (Å²) in [6.07, 6.45) is 8.03. The number of fused-ring (bicyclic) bond motifs is 2. The van der Waals surface area contributed by atoms with Crippen LogP contribution in [0.25, 0.3) is 16.6 Å². The normalized spacial score (nSPS) is 21.3. The van der Waals surface area contributed by atoms with E-state index in [1.165, 1.54) is 0 Å². The van der Waals surface area contributed by atoms with E-state index >= 15 is 0 Å². The Bertz CT molecular complexity index is 1140. The molecule has 1 aromatic carbocycles. The van der Waals surface area contributed by atoms with Crippen LogP contribution in [-0.2, 0) is 6.54 Å². The summed E-state index contributed by atoms with van der Waals surface area (Å²) in [5.74, 6) is -2.05. The van der Waals surface area contributed by atoms with Gasteiger partial charge in [0.15, 0.2) is 0 Å². The van der Waals surface area contributed by atoms with Crippen LogP contribution >= 0.6 is 0 Å². The maximum absolute atomic E-state index is 13.4. The third kappa shape index (κ3) is 4.25. The summed E-state index contributed by atoms with van der Waals surface area (Å²) < 4.78 is 26.9. The van der Waals surface area contributed by atoms with E-state index in [1.807, 2.05) is 24.4 Å². The summed E-state index contributed by atoms with van der Waals surface area (Å²) in [5.41, 5.74) is 5.60. The van der Waals surface area contributed by atoms with Gasteiger partial charge in [0.05, 0.1) is 16.7 Å². The molecule has 0 amide bonds. The zero-order valence-electron chi connectivity index (χ0n) is 17.3. The van der Waals surface area contributed by atoms with E-state index in [2.05, 4.69) is 38.6 Å². The number of nitrogens with zero attached hydrogens (tertiary/aromatic N) is 4. The number of halogens is 2. The lowest BCUT2D eigenvalue weighted by molar-refractivity contribution is -0.0361. The summed E-state index contributed by atoms with van der Waals surface area (Å²) in [6.45, 7) is 2.70. The maximum Gasteiger partial charge on any atom is 0.248 e. The number of alkyl halides is 2. The Balaban J connectivity index is 1.45. The Morgan fingerprint density at radius 2 is 1.84 bits per heavy atom. The third-order valence-corrected chi connectivity index (χ3v) is 6.00. The fraction of sp³-hybridized carbons (Fsp3) is 0.391. The molecule has 5 rings (SSSR count). The van der Waals surface area contributed by atoms with E-state index in [9.17, 15) is 8.78 Å². The molecule has 0 spiro atoms. The first-order chi connectivity index (χ1) is 15.0. The maximum atomic E-state index is 13.4. The molecule has 2 aliphatic rings. The topological polar surface area (TPSA) is 75.6 Å². The van der Waals surface area contributed by atoms with Crippen LogP contribution < -0.4 is 10.6 Å². The van der Waals surface area contributed by atoms with Crippen molar-refractivity contribution in [2.24, 2.45) is 0 Å². The fourth-order valence-corrected chi connectivity index (χ4v) is 4.25. The Morgan fingerprint density at radius 3 is 2.65 bits per heavy atom. The van der Waals surface area contributed by atoms with Crippen molar-refractivity contribution in [3.63, 3.8) is 0 Å². The molecular formula is C23H24F2N6. The van der Waals surface area contributed by atoms with Gasteiger partial charge < -0.3 is 10.6 Å². The van der Waals surface area contributed by atoms with Gasteiger partial charge in [0, 0.05) is 55.6 Å². The van der Waals surface area contributed by atoms with Crippen molar-refractivity contribution in [2.45, 2.75) is 57.2 Å². The quantitative estimate of drug-likeness (QED) is 0.654. The molecule has 3 heterocycles. The van der Waals surface area contributed by atoms with Gasteiger partial charge in [0.1, 0.15) is 0 Å². The molecule has 0 unspecified atom stereocenters. The number of nitrogens with one attached hydrogen (secondary N) is 2. The first-order valence-corrected chi connectivity index (χ1v) is 10.6. The van der Waals surface area contributed by atoms with Crippen molar-refractivity contribution in [1.82, 2.24) is 25.3 Å². The molecule has 1 aliphatic carbocycles. The lowest BCUT2D eigenvalue weighted by Gasteiger charge is -2.28. The number of anilines is 1. The average Bonchev–Trinajstić information content (AvgIpc) is 2.93. The highest BCUT2D eigenvalue weighted by Crippen LogP contribution is 2.34. The number of hydrogen-bond donors (Lipinski definition) is 2. The Morgan fingerprint density at radius 1 is 1.06 bits per heavy atom. The van der Waals surface area contributed by atoms with Gasteiger partial charge in [-0.15, -0.1) is 0 Å². The van der Waals surface area contributed by atoms with Crippen LogP contribution in [0.3, 0.4) is 0 Å². The molecular weight excluding hydrogens is 398 g/mol. The Kier molecular flexibility index (Phi) is 5.09. The second-order valence-electron chi connectivity index (χ2n) is 8.34. The minimum absolute atomic E-state index is 0.0237. The van der Waals surface area contributed by atoms with Crippen molar-refractivity contribution in [3.8, 4) is 0 Å². The lowest BCUT2D eigenvalue weighted by Crippen LogP contribution is -2.32. The SMILES string of the molecule is C[C@@H]1C=C(c2ccc3nccnc3c2)c2cnc(NC3CCC(F)(F)CC3)nc2CN1. The highest BCUT2D eigenvalue weighted by atomic mass is 19.3. The lowest BCUT2D eigenvalue weighted by atomic mass is 9.92. The summed E-state index contributed by atoms with van der Waals surface area (Å²) in [7, 11) is 0. The van der Waals surface area contributed by atoms with E-state index in [0.29, 0.717) is 25.3 Å². The van der Waals surface area contributed by atoms with Crippen molar-refractivity contribution in [1.29, 1.82) is 0 Å². The van der Waals surface area contributed by atoms with Crippen LogP contribution in [0.2, 0.25) is 0 Å². The first kappa shape index (κ1) is 19.9. The zero-order valence-corrected chi connectivity index (χ0v) is 17.3. The molecule has 0 radical (unpaired) electrons. The van der Waals surface area contributed by atoms with Crippen molar-refractivity contribution >= 4 is 22.6 Å². The van der Waals surface area contributed by atoms with Gasteiger partial charge in [0.25, 0.3) is 0 Å². The molecule has 1 aliphatic heterocycles. The molecule has 0 bridgehead atoms. The number of benzene rings is 1. The molecule has 0 saturated heterocycles. The van der Waals surface area contributed by atoms with Crippen molar-refractivity contribution in [2.75, 3.05) is 5.32 Å². The van der Waals surface area contributed by atoms with E-state index in [1.54, 1.807) is 12.4 Å². The van der Waals surface area contributed by atoms with Crippen molar-refractivity contribution in [3.05, 3.63) is 59.7 Å². The smallest absolute Gasteiger partial charge is 0.248 e. The number of hydrogen-bond acceptors (Lipinski definition) is 6. The predicted octanol–water partition coefficient (Wildman–Crippen LogP) is 4.33. The van der Waals surface area contributed by atoms with Gasteiger partial charge >= 0.3 is 0 Å². The summed E-state index contributed by atoms with van der Waals surface area (Å²) >= 11 is 0. The standard InChI is InChI=1S/C23H24F2N6/c1-14-10-17(15-2-3-19-20(11-15)27-9-8-26-19)18-12-29-22(31-21(18)13-28-14)30-16-4-6-23(24,25)7-5-16/h2-3,8-12,14,16,28H,4-7,13H2,1H3,(H,29,30,31)/t14-/m1/s1. The fourth-order valence-electron chi connectivity index (χ4n) is 4.25. The molecule has 2 N–H and O–H groups in total. The minimum atomic E-state index is -2.54. The third-order valence-electron chi connectivity index (χ3n) is 6.00. The molecule has 3 aromatic rings. The van der Waals surface area contributed by atoms with Crippen LogP contribution in [0.15, 0.2) is 42.9 Å². The van der Waals surface area contributed by atoms with Gasteiger partial charge in [0.2, 0.25) is 11.9 Å². The predicted molar refractivity (Wildman–Crippen MR) is 116 cm³/mol. The minimum Gasteiger partial charge on any atom is -0.351 e. The second-order valence-corrected chi connectivity index (χ2v) is 8.34. The van der Waals surface area contributed by atoms with E-state index in [4.69, 9.17) is 4.98 Å². The average molecular weight is 422 g/mol. The van der Waals surface area contributed by atoms with Gasteiger partial charge in [-0.2, -0.15) is 0 Å². The number of rotatable bonds is 3. The van der Waals surface area contributed by atoms with Gasteiger partial charge in [-0.05, 0) is 43.0 Å². The van der Waals surface area contributed by atoms with E-state index < -0.39 is 5.92 Å². The summed E-state index contributed by atoms with van der Waals surface area (Å²) in [4.78, 5) is 18.0. The molecule has 1 fully saturated rings. The summed E-state index contributed by atoms with van der Waals surface area (Å²) in [5, 5.41) is 6.72. The highest BCUT2D eigenvalue weighted by Gasteiger charge is 2.35. The summed E-state index contributed by atoms with van der Waals surface area (Å²) in [6, 6.07) is 6.17. The molecule has 1 saturated carbocycles. The van der Waals surface area contributed by atoms with Gasteiger partial charge in [-0.25, -0.2) is 18.7 Å². The van der Waals surface area contributed by atoms with Crippen LogP contribution in [0.4, 0.5) is 14.7 Å². The Labute approximate surface area is 179 Å². The molecule has 1 atom stereocenters. The molecule has 2 aromatic heterocycles. The van der Waals surface area contributed by atoms with Crippen LogP contribution in [-0.4, -0.2) is 37.9 Å². The van der Waals surface area contributed by atoms with Gasteiger partial charge in [-0.3, -0.25) is 9.97 Å².